The predicted octanol–water partition coefficient (Wildman–Crippen LogP) is 4.01. The third kappa shape index (κ3) is 5.46. The lowest BCUT2D eigenvalue weighted by atomic mass is 10.2. The highest BCUT2D eigenvalue weighted by molar-refractivity contribution is 7.91. The molecule has 8 nitrogen and oxygen atoms in total. The van der Waals surface area contributed by atoms with Gasteiger partial charge in [-0.25, -0.2) is 18.4 Å². The van der Waals surface area contributed by atoms with Crippen LogP contribution in [-0.2, 0) is 15.8 Å². The lowest BCUT2D eigenvalue weighted by molar-refractivity contribution is 0.459. The van der Waals surface area contributed by atoms with E-state index in [1.54, 1.807) is 66.6 Å². The maximum atomic E-state index is 12.5. The van der Waals surface area contributed by atoms with Gasteiger partial charge >= 0.3 is 0 Å². The van der Waals surface area contributed by atoms with E-state index in [2.05, 4.69) is 19.7 Å². The van der Waals surface area contributed by atoms with Gasteiger partial charge in [0.15, 0.2) is 0 Å². The molecule has 0 fully saturated rings. The minimum atomic E-state index is -3.53. The van der Waals surface area contributed by atoms with E-state index in [0.29, 0.717) is 29.0 Å². The third-order valence-corrected chi connectivity index (χ3v) is 5.62. The molecule has 0 unspecified atom stereocenters. The van der Waals surface area contributed by atoms with Gasteiger partial charge in [-0.1, -0.05) is 29.8 Å². The van der Waals surface area contributed by atoms with Crippen LogP contribution in [-0.4, -0.2) is 27.9 Å². The molecule has 1 N–H and O–H groups in total. The summed E-state index contributed by atoms with van der Waals surface area (Å²) in [5.74, 6) is 2.01. The van der Waals surface area contributed by atoms with Crippen LogP contribution in [0.1, 0.15) is 17.0 Å². The van der Waals surface area contributed by atoms with Crippen molar-refractivity contribution < 1.29 is 13.2 Å². The Morgan fingerprint density at radius 3 is 2.55 bits per heavy atom. The molecule has 0 bridgehead atoms. The molecule has 2 heterocycles. The van der Waals surface area contributed by atoms with E-state index in [1.165, 1.54) is 0 Å². The third-order valence-electron chi connectivity index (χ3n) is 4.36. The number of aryl methyl sites for hydroxylation is 2. The van der Waals surface area contributed by atoms with Crippen LogP contribution in [0.25, 0.3) is 5.82 Å². The lowest BCUT2D eigenvalue weighted by Gasteiger charge is -2.11. The highest BCUT2D eigenvalue weighted by Crippen LogP contribution is 2.24. The number of imidazole rings is 1. The van der Waals surface area contributed by atoms with Crippen molar-refractivity contribution in [2.45, 2.75) is 19.6 Å². The van der Waals surface area contributed by atoms with E-state index in [4.69, 9.17) is 4.74 Å². The number of hydrogen-bond donors (Lipinski definition) is 1. The normalized spacial score (nSPS) is 11.3. The minimum absolute atomic E-state index is 0.0931. The van der Waals surface area contributed by atoms with E-state index in [0.717, 1.165) is 11.1 Å². The number of nitrogens with one attached hydrogen (secondary N) is 1. The Kier molecular flexibility index (Phi) is 5.68. The standard InChI is InChI=1S/C22H21N5O3S/c1-16-4-3-5-18(12-16)14-31(28,29)26-19-6-8-20(9-7-19)30-22-13-21(24-17(2)25-22)27-11-10-23-15-27/h3-13,15,26H,14H2,1-2H3. The van der Waals surface area contributed by atoms with Crippen LogP contribution in [0.5, 0.6) is 11.6 Å². The van der Waals surface area contributed by atoms with Gasteiger partial charge in [0.2, 0.25) is 15.9 Å². The van der Waals surface area contributed by atoms with Crippen LogP contribution >= 0.6 is 0 Å². The van der Waals surface area contributed by atoms with Crippen molar-refractivity contribution in [3.63, 3.8) is 0 Å². The van der Waals surface area contributed by atoms with E-state index in [-0.39, 0.29) is 5.75 Å². The first kappa shape index (κ1) is 20.5. The van der Waals surface area contributed by atoms with Crippen molar-refractivity contribution >= 4 is 15.7 Å². The molecule has 9 heteroatoms. The summed E-state index contributed by atoms with van der Waals surface area (Å²) in [6.45, 7) is 3.71. The molecule has 0 atom stereocenters. The van der Waals surface area contributed by atoms with Gasteiger partial charge < -0.3 is 4.74 Å². The SMILES string of the molecule is Cc1cccc(CS(=O)(=O)Nc2ccc(Oc3cc(-n4ccnc4)nc(C)n3)cc2)c1. The van der Waals surface area contributed by atoms with Gasteiger partial charge in [-0.3, -0.25) is 9.29 Å². The minimum Gasteiger partial charge on any atom is -0.439 e. The summed E-state index contributed by atoms with van der Waals surface area (Å²) in [6, 6.07) is 15.8. The Morgan fingerprint density at radius 2 is 1.84 bits per heavy atom. The summed E-state index contributed by atoms with van der Waals surface area (Å²) >= 11 is 0. The van der Waals surface area contributed by atoms with Crippen LogP contribution in [0.15, 0.2) is 73.3 Å². The number of sulfonamides is 1. The van der Waals surface area contributed by atoms with Crippen LogP contribution in [0.2, 0.25) is 0 Å². The molecule has 2 aromatic heterocycles. The number of ether oxygens (including phenoxy) is 1. The molecule has 0 aliphatic carbocycles. The second-order valence-corrected chi connectivity index (χ2v) is 8.78. The Labute approximate surface area is 180 Å². The van der Waals surface area contributed by atoms with Crippen LogP contribution in [0.4, 0.5) is 5.69 Å². The molecular formula is C22H21N5O3S. The fourth-order valence-electron chi connectivity index (χ4n) is 3.05. The summed E-state index contributed by atoms with van der Waals surface area (Å²) in [7, 11) is -3.53. The van der Waals surface area contributed by atoms with Crippen molar-refractivity contribution in [3.8, 4) is 17.4 Å². The molecule has 0 radical (unpaired) electrons. The topological polar surface area (TPSA) is 99.0 Å². The van der Waals surface area contributed by atoms with Crippen molar-refractivity contribution in [3.05, 3.63) is 90.3 Å². The molecule has 158 valence electrons. The van der Waals surface area contributed by atoms with Gasteiger partial charge in [0.1, 0.15) is 23.7 Å². The van der Waals surface area contributed by atoms with Gasteiger partial charge in [0.05, 0.1) is 5.75 Å². The van der Waals surface area contributed by atoms with Gasteiger partial charge in [-0.15, -0.1) is 0 Å². The second-order valence-electron chi connectivity index (χ2n) is 7.06. The number of hydrogen-bond acceptors (Lipinski definition) is 6. The summed E-state index contributed by atoms with van der Waals surface area (Å²) in [5.41, 5.74) is 2.21. The van der Waals surface area contributed by atoms with E-state index >= 15 is 0 Å². The highest BCUT2D eigenvalue weighted by Gasteiger charge is 2.12. The van der Waals surface area contributed by atoms with E-state index in [9.17, 15) is 8.42 Å². The molecule has 31 heavy (non-hydrogen) atoms. The van der Waals surface area contributed by atoms with Crippen molar-refractivity contribution in [2.24, 2.45) is 0 Å². The summed E-state index contributed by atoms with van der Waals surface area (Å²) in [5, 5.41) is 0. The number of rotatable bonds is 7. The Hall–Kier alpha value is -3.72. The first-order chi connectivity index (χ1) is 14.9. The van der Waals surface area contributed by atoms with Crippen LogP contribution in [0, 0.1) is 13.8 Å². The first-order valence-corrected chi connectivity index (χ1v) is 11.2. The molecule has 0 saturated heterocycles. The largest absolute Gasteiger partial charge is 0.439 e. The van der Waals surface area contributed by atoms with E-state index in [1.807, 2.05) is 25.1 Å². The Morgan fingerprint density at radius 1 is 1.03 bits per heavy atom. The maximum Gasteiger partial charge on any atom is 0.236 e. The average Bonchev–Trinajstić information content (AvgIpc) is 3.23. The lowest BCUT2D eigenvalue weighted by Crippen LogP contribution is -2.15. The molecule has 0 spiro atoms. The molecule has 4 aromatic rings. The monoisotopic (exact) mass is 435 g/mol. The van der Waals surface area contributed by atoms with Crippen molar-refractivity contribution in [1.82, 2.24) is 19.5 Å². The maximum absolute atomic E-state index is 12.5. The molecule has 0 aliphatic heterocycles. The smallest absolute Gasteiger partial charge is 0.236 e. The average molecular weight is 436 g/mol. The van der Waals surface area contributed by atoms with Gasteiger partial charge in [0, 0.05) is 24.1 Å². The van der Waals surface area contributed by atoms with Crippen LogP contribution in [0.3, 0.4) is 0 Å². The fraction of sp³-hybridized carbons (Fsp3) is 0.136. The second kappa shape index (κ2) is 8.57. The zero-order valence-corrected chi connectivity index (χ0v) is 17.9. The van der Waals surface area contributed by atoms with Gasteiger partial charge in [-0.05, 0) is 43.7 Å². The first-order valence-electron chi connectivity index (χ1n) is 9.54. The summed E-state index contributed by atoms with van der Waals surface area (Å²) in [6.07, 6.45) is 5.09. The summed E-state index contributed by atoms with van der Waals surface area (Å²) < 4.78 is 35.1. The zero-order valence-electron chi connectivity index (χ0n) is 17.1. The van der Waals surface area contributed by atoms with Gasteiger partial charge in [0.25, 0.3) is 0 Å². The number of benzene rings is 2. The van der Waals surface area contributed by atoms with Crippen molar-refractivity contribution in [2.75, 3.05) is 4.72 Å². The molecule has 0 saturated carbocycles. The molecule has 2 aromatic carbocycles. The molecule has 4 rings (SSSR count). The molecule has 0 aliphatic rings. The quantitative estimate of drug-likeness (QED) is 0.471. The highest BCUT2D eigenvalue weighted by atomic mass is 32.2. The number of aromatic nitrogens is 4. The van der Waals surface area contributed by atoms with E-state index < -0.39 is 10.0 Å². The number of nitrogens with zero attached hydrogens (tertiary/aromatic N) is 4. The van der Waals surface area contributed by atoms with Crippen LogP contribution < -0.4 is 9.46 Å². The zero-order chi connectivity index (χ0) is 21.8. The Balaban J connectivity index is 1.45. The Bertz CT molecular complexity index is 1290. The summed E-state index contributed by atoms with van der Waals surface area (Å²) in [4.78, 5) is 12.7. The van der Waals surface area contributed by atoms with Crippen molar-refractivity contribution in [1.29, 1.82) is 0 Å². The number of anilines is 1. The predicted molar refractivity (Wildman–Crippen MR) is 118 cm³/mol. The fourth-order valence-corrected chi connectivity index (χ4v) is 4.24. The molecular weight excluding hydrogens is 414 g/mol. The van der Waals surface area contributed by atoms with Gasteiger partial charge in [-0.2, -0.15) is 4.98 Å². The molecule has 0 amide bonds.